The van der Waals surface area contributed by atoms with Crippen LogP contribution in [0, 0.1) is 0 Å². The molecule has 0 spiro atoms. The monoisotopic (exact) mass is 271 g/mol. The third kappa shape index (κ3) is 3.87. The van der Waals surface area contributed by atoms with E-state index in [-0.39, 0.29) is 0 Å². The van der Waals surface area contributed by atoms with Crippen molar-refractivity contribution in [1.29, 1.82) is 0 Å². The Morgan fingerprint density at radius 3 is 2.44 bits per heavy atom. The predicted octanol–water partition coefficient (Wildman–Crippen LogP) is 3.25. The minimum absolute atomic E-state index is 0.343. The maximum atomic E-state index is 9.54. The molecule has 102 valence electrons. The predicted molar refractivity (Wildman–Crippen MR) is 76.4 cm³/mol. The summed E-state index contributed by atoms with van der Waals surface area (Å²) in [5.74, 6) is 0. The molecule has 0 aromatic heterocycles. The van der Waals surface area contributed by atoms with Gasteiger partial charge in [0.05, 0.1) is 23.4 Å². The molecule has 0 amide bonds. The van der Waals surface area contributed by atoms with Crippen molar-refractivity contribution in [2.45, 2.75) is 32.9 Å². The van der Waals surface area contributed by atoms with E-state index in [9.17, 15) is 5.11 Å². The van der Waals surface area contributed by atoms with Crippen LogP contribution in [0.2, 0.25) is 5.02 Å². The highest BCUT2D eigenvalue weighted by Gasteiger charge is 2.14. The van der Waals surface area contributed by atoms with Gasteiger partial charge in [-0.3, -0.25) is 0 Å². The van der Waals surface area contributed by atoms with Gasteiger partial charge >= 0.3 is 0 Å². The van der Waals surface area contributed by atoms with Crippen molar-refractivity contribution < 1.29 is 9.84 Å². The quantitative estimate of drug-likeness (QED) is 0.862. The highest BCUT2D eigenvalue weighted by Crippen LogP contribution is 2.30. The summed E-state index contributed by atoms with van der Waals surface area (Å²) in [7, 11) is 1.69. The Morgan fingerprint density at radius 2 is 2.00 bits per heavy atom. The summed E-state index contributed by atoms with van der Waals surface area (Å²) < 4.78 is 5.12. The normalized spacial score (nSPS) is 12.8. The average molecular weight is 272 g/mol. The molecular weight excluding hydrogens is 250 g/mol. The van der Waals surface area contributed by atoms with Gasteiger partial charge < -0.3 is 14.7 Å². The van der Waals surface area contributed by atoms with E-state index in [4.69, 9.17) is 16.3 Å². The van der Waals surface area contributed by atoms with Crippen LogP contribution in [-0.4, -0.2) is 31.4 Å². The SMILES string of the molecule is COCCN(c1ccc([C@@H](C)O)cc1Cl)C(C)C. The van der Waals surface area contributed by atoms with Gasteiger partial charge in [-0.25, -0.2) is 0 Å². The number of hydrogen-bond acceptors (Lipinski definition) is 3. The molecule has 1 atom stereocenters. The minimum atomic E-state index is -0.497. The van der Waals surface area contributed by atoms with Gasteiger partial charge in [0.1, 0.15) is 0 Å². The third-order valence-electron chi connectivity index (χ3n) is 2.92. The zero-order valence-corrected chi connectivity index (χ0v) is 12.2. The van der Waals surface area contributed by atoms with Crippen LogP contribution in [0.4, 0.5) is 5.69 Å². The number of aliphatic hydroxyl groups is 1. The van der Waals surface area contributed by atoms with Crippen LogP contribution in [0.1, 0.15) is 32.4 Å². The first-order valence-corrected chi connectivity index (χ1v) is 6.58. The Labute approximate surface area is 114 Å². The first-order valence-electron chi connectivity index (χ1n) is 6.20. The molecule has 0 aliphatic heterocycles. The van der Waals surface area contributed by atoms with Gasteiger partial charge in [-0.2, -0.15) is 0 Å². The third-order valence-corrected chi connectivity index (χ3v) is 3.23. The highest BCUT2D eigenvalue weighted by molar-refractivity contribution is 6.33. The van der Waals surface area contributed by atoms with Crippen LogP contribution in [-0.2, 0) is 4.74 Å². The lowest BCUT2D eigenvalue weighted by Crippen LogP contribution is -2.34. The first kappa shape index (κ1) is 15.3. The Hall–Kier alpha value is -0.770. The second-order valence-electron chi connectivity index (χ2n) is 4.67. The fraction of sp³-hybridized carbons (Fsp3) is 0.571. The molecule has 4 heteroatoms. The van der Waals surface area contributed by atoms with Crippen molar-refractivity contribution in [2.24, 2.45) is 0 Å². The molecule has 0 fully saturated rings. The lowest BCUT2D eigenvalue weighted by atomic mass is 10.1. The van der Waals surface area contributed by atoms with Crippen LogP contribution in [0.3, 0.4) is 0 Å². The average Bonchev–Trinajstić information content (AvgIpc) is 2.30. The number of anilines is 1. The number of rotatable bonds is 6. The Bertz CT molecular complexity index is 380. The Kier molecular flexibility index (Phi) is 5.93. The van der Waals surface area contributed by atoms with Crippen molar-refractivity contribution >= 4 is 17.3 Å². The second-order valence-corrected chi connectivity index (χ2v) is 5.07. The smallest absolute Gasteiger partial charge is 0.0762 e. The van der Waals surface area contributed by atoms with Crippen molar-refractivity contribution in [3.8, 4) is 0 Å². The van der Waals surface area contributed by atoms with E-state index in [1.165, 1.54) is 0 Å². The molecule has 1 N–H and O–H groups in total. The minimum Gasteiger partial charge on any atom is -0.389 e. The summed E-state index contributed by atoms with van der Waals surface area (Å²) in [4.78, 5) is 2.19. The molecule has 0 bridgehead atoms. The summed E-state index contributed by atoms with van der Waals surface area (Å²) in [6.45, 7) is 7.42. The van der Waals surface area contributed by atoms with Gasteiger partial charge in [0.15, 0.2) is 0 Å². The lowest BCUT2D eigenvalue weighted by molar-refractivity contribution is 0.199. The molecule has 1 rings (SSSR count). The number of hydrogen-bond donors (Lipinski definition) is 1. The summed E-state index contributed by atoms with van der Waals surface area (Å²) in [5.41, 5.74) is 1.81. The largest absolute Gasteiger partial charge is 0.389 e. The van der Waals surface area contributed by atoms with Crippen LogP contribution in [0.25, 0.3) is 0 Å². The number of nitrogens with zero attached hydrogens (tertiary/aromatic N) is 1. The molecule has 0 aliphatic carbocycles. The van der Waals surface area contributed by atoms with E-state index in [2.05, 4.69) is 18.7 Å². The second kappa shape index (κ2) is 6.98. The van der Waals surface area contributed by atoms with Gasteiger partial charge in [0.2, 0.25) is 0 Å². The molecule has 0 aliphatic rings. The number of halogens is 1. The summed E-state index contributed by atoms with van der Waals surface area (Å²) in [6, 6.07) is 6.03. The van der Waals surface area contributed by atoms with Crippen molar-refractivity contribution in [3.63, 3.8) is 0 Å². The molecule has 0 saturated carbocycles. The number of benzene rings is 1. The van der Waals surface area contributed by atoms with Gasteiger partial charge in [-0.1, -0.05) is 17.7 Å². The fourth-order valence-electron chi connectivity index (χ4n) is 1.86. The van der Waals surface area contributed by atoms with E-state index < -0.39 is 6.10 Å². The highest BCUT2D eigenvalue weighted by atomic mass is 35.5. The molecule has 1 aromatic carbocycles. The van der Waals surface area contributed by atoms with Crippen LogP contribution < -0.4 is 4.90 Å². The van der Waals surface area contributed by atoms with Crippen molar-refractivity contribution in [1.82, 2.24) is 0 Å². The molecule has 1 aromatic rings. The molecule has 0 saturated heterocycles. The molecule has 0 radical (unpaired) electrons. The van der Waals surface area contributed by atoms with E-state index >= 15 is 0 Å². The maximum absolute atomic E-state index is 9.54. The van der Waals surface area contributed by atoms with Gasteiger partial charge in [0, 0.05) is 19.7 Å². The number of methoxy groups -OCH3 is 1. The van der Waals surface area contributed by atoms with Crippen molar-refractivity contribution in [3.05, 3.63) is 28.8 Å². The molecule has 0 unspecified atom stereocenters. The summed E-state index contributed by atoms with van der Waals surface area (Å²) in [6.07, 6.45) is -0.497. The number of ether oxygens (including phenoxy) is 1. The zero-order chi connectivity index (χ0) is 13.7. The molecule has 0 heterocycles. The van der Waals surface area contributed by atoms with Crippen molar-refractivity contribution in [2.75, 3.05) is 25.2 Å². The number of aliphatic hydroxyl groups excluding tert-OH is 1. The van der Waals surface area contributed by atoms with Gasteiger partial charge in [-0.05, 0) is 38.5 Å². The standard InChI is InChI=1S/C14H22ClNO2/c1-10(2)16(7-8-18-4)14-6-5-12(11(3)17)9-13(14)15/h5-6,9-11,17H,7-8H2,1-4H3/t11-/m1/s1. The first-order chi connectivity index (χ1) is 8.47. The lowest BCUT2D eigenvalue weighted by Gasteiger charge is -2.30. The van der Waals surface area contributed by atoms with E-state index in [0.29, 0.717) is 17.7 Å². The van der Waals surface area contributed by atoms with E-state index in [0.717, 1.165) is 17.8 Å². The van der Waals surface area contributed by atoms with Gasteiger partial charge in [0.25, 0.3) is 0 Å². The van der Waals surface area contributed by atoms with Crippen LogP contribution in [0.5, 0.6) is 0 Å². The topological polar surface area (TPSA) is 32.7 Å². The Morgan fingerprint density at radius 1 is 1.33 bits per heavy atom. The maximum Gasteiger partial charge on any atom is 0.0762 e. The molecule has 3 nitrogen and oxygen atoms in total. The summed E-state index contributed by atoms with van der Waals surface area (Å²) in [5, 5.41) is 10.2. The zero-order valence-electron chi connectivity index (χ0n) is 11.5. The summed E-state index contributed by atoms with van der Waals surface area (Å²) >= 11 is 6.30. The van der Waals surface area contributed by atoms with E-state index in [1.807, 2.05) is 18.2 Å². The Balaban J connectivity index is 2.98. The van der Waals surface area contributed by atoms with Gasteiger partial charge in [-0.15, -0.1) is 0 Å². The molecule has 18 heavy (non-hydrogen) atoms. The fourth-order valence-corrected chi connectivity index (χ4v) is 2.16. The van der Waals surface area contributed by atoms with Crippen LogP contribution >= 0.6 is 11.6 Å². The molecular formula is C14H22ClNO2. The van der Waals surface area contributed by atoms with E-state index in [1.54, 1.807) is 14.0 Å². The van der Waals surface area contributed by atoms with Crippen LogP contribution in [0.15, 0.2) is 18.2 Å².